The standard InChI is InChI=1S/C26H24N2O6/c29-14-23(25(31)32)28-24(30)13-16-6-5-7-17(12-16)27-26(33)34-15-22-20-10-3-1-8-18(20)19-9-2-4-11-21(19)22/h1-12,22-23,29H,13-15H2,(H,27,33)(H,28,30)(H,31,32)/t23-/m1/s1. The molecule has 1 aliphatic rings. The Kier molecular flexibility index (Phi) is 6.89. The predicted octanol–water partition coefficient (Wildman–Crippen LogP) is 3.15. The van der Waals surface area contributed by atoms with Gasteiger partial charge in [-0.3, -0.25) is 10.1 Å². The van der Waals surface area contributed by atoms with Gasteiger partial charge in [0.1, 0.15) is 12.6 Å². The summed E-state index contributed by atoms with van der Waals surface area (Å²) < 4.78 is 5.54. The van der Waals surface area contributed by atoms with E-state index in [0.29, 0.717) is 11.3 Å². The number of carbonyl (C=O) groups excluding carboxylic acids is 2. The molecule has 0 saturated carbocycles. The number of carboxylic acids is 1. The van der Waals surface area contributed by atoms with E-state index in [-0.39, 0.29) is 18.9 Å². The highest BCUT2D eigenvalue weighted by molar-refractivity contribution is 5.87. The second kappa shape index (κ2) is 10.2. The van der Waals surface area contributed by atoms with Crippen LogP contribution in [0.25, 0.3) is 11.1 Å². The molecule has 0 aliphatic heterocycles. The van der Waals surface area contributed by atoms with E-state index in [1.807, 2.05) is 36.4 Å². The summed E-state index contributed by atoms with van der Waals surface area (Å²) in [5.41, 5.74) is 5.53. The van der Waals surface area contributed by atoms with Crippen molar-refractivity contribution in [1.82, 2.24) is 5.32 Å². The molecule has 0 aromatic heterocycles. The van der Waals surface area contributed by atoms with Crippen molar-refractivity contribution in [3.8, 4) is 11.1 Å². The fourth-order valence-electron chi connectivity index (χ4n) is 4.13. The Hall–Kier alpha value is -4.17. The predicted molar refractivity (Wildman–Crippen MR) is 125 cm³/mol. The van der Waals surface area contributed by atoms with Gasteiger partial charge in [-0.2, -0.15) is 0 Å². The van der Waals surface area contributed by atoms with Crippen LogP contribution in [0, 0.1) is 0 Å². The summed E-state index contributed by atoms with van der Waals surface area (Å²) in [7, 11) is 0. The summed E-state index contributed by atoms with van der Waals surface area (Å²) in [6, 6.07) is 21.4. The SMILES string of the molecule is O=C(Cc1cccc(NC(=O)OCC2c3ccccc3-c3ccccc32)c1)N[C@H](CO)C(=O)O. The molecule has 174 valence electrons. The average Bonchev–Trinajstić information content (AvgIpc) is 3.15. The minimum absolute atomic E-state index is 0.0538. The van der Waals surface area contributed by atoms with Crippen LogP contribution in [0.4, 0.5) is 10.5 Å². The van der Waals surface area contributed by atoms with Crippen LogP contribution < -0.4 is 10.6 Å². The van der Waals surface area contributed by atoms with E-state index in [1.54, 1.807) is 24.3 Å². The molecule has 3 aromatic carbocycles. The van der Waals surface area contributed by atoms with Crippen LogP contribution in [0.3, 0.4) is 0 Å². The molecule has 8 nitrogen and oxygen atoms in total. The molecule has 0 bridgehead atoms. The zero-order chi connectivity index (χ0) is 24.1. The lowest BCUT2D eigenvalue weighted by Gasteiger charge is -2.15. The smallest absolute Gasteiger partial charge is 0.411 e. The van der Waals surface area contributed by atoms with Crippen LogP contribution in [-0.2, 0) is 20.7 Å². The third kappa shape index (κ3) is 5.07. The molecule has 0 fully saturated rings. The van der Waals surface area contributed by atoms with Crippen molar-refractivity contribution in [2.45, 2.75) is 18.4 Å². The number of fused-ring (bicyclic) bond motifs is 3. The van der Waals surface area contributed by atoms with E-state index in [0.717, 1.165) is 22.3 Å². The second-order valence-electron chi connectivity index (χ2n) is 7.97. The maximum Gasteiger partial charge on any atom is 0.411 e. The highest BCUT2D eigenvalue weighted by Crippen LogP contribution is 2.44. The van der Waals surface area contributed by atoms with E-state index < -0.39 is 30.6 Å². The number of ether oxygens (including phenoxy) is 1. The quantitative estimate of drug-likeness (QED) is 0.409. The molecule has 0 saturated heterocycles. The normalized spacial score (nSPS) is 12.9. The Morgan fingerprint density at radius 3 is 2.18 bits per heavy atom. The summed E-state index contributed by atoms with van der Waals surface area (Å²) >= 11 is 0. The molecule has 1 atom stereocenters. The number of aliphatic hydroxyl groups is 1. The van der Waals surface area contributed by atoms with E-state index in [2.05, 4.69) is 22.8 Å². The largest absolute Gasteiger partial charge is 0.480 e. The van der Waals surface area contributed by atoms with E-state index in [9.17, 15) is 14.4 Å². The van der Waals surface area contributed by atoms with Crippen LogP contribution >= 0.6 is 0 Å². The number of carbonyl (C=O) groups is 3. The number of amides is 2. The Morgan fingerprint density at radius 1 is 0.912 bits per heavy atom. The first-order valence-electron chi connectivity index (χ1n) is 10.8. The van der Waals surface area contributed by atoms with Gasteiger partial charge in [-0.05, 0) is 39.9 Å². The Morgan fingerprint density at radius 2 is 1.56 bits per heavy atom. The van der Waals surface area contributed by atoms with E-state index in [1.165, 1.54) is 0 Å². The van der Waals surface area contributed by atoms with Crippen molar-refractivity contribution in [2.75, 3.05) is 18.5 Å². The van der Waals surface area contributed by atoms with Crippen molar-refractivity contribution >= 4 is 23.7 Å². The maximum absolute atomic E-state index is 12.5. The number of aliphatic hydroxyl groups excluding tert-OH is 1. The minimum atomic E-state index is -1.37. The first kappa shape index (κ1) is 23.0. The van der Waals surface area contributed by atoms with Gasteiger partial charge in [-0.1, -0.05) is 60.7 Å². The molecule has 0 heterocycles. The van der Waals surface area contributed by atoms with Crippen molar-refractivity contribution in [3.05, 3.63) is 89.5 Å². The van der Waals surface area contributed by atoms with Gasteiger partial charge in [0.25, 0.3) is 0 Å². The monoisotopic (exact) mass is 460 g/mol. The first-order chi connectivity index (χ1) is 16.5. The molecule has 0 unspecified atom stereocenters. The molecule has 4 N–H and O–H groups in total. The second-order valence-corrected chi connectivity index (χ2v) is 7.97. The lowest BCUT2D eigenvalue weighted by Crippen LogP contribution is -2.43. The number of carboxylic acid groups (broad SMARTS) is 1. The van der Waals surface area contributed by atoms with Crippen LogP contribution in [0.2, 0.25) is 0 Å². The van der Waals surface area contributed by atoms with Gasteiger partial charge in [0, 0.05) is 11.6 Å². The third-order valence-electron chi connectivity index (χ3n) is 5.70. The van der Waals surface area contributed by atoms with Gasteiger partial charge in [0.05, 0.1) is 13.0 Å². The number of benzene rings is 3. The molecular weight excluding hydrogens is 436 g/mol. The van der Waals surface area contributed by atoms with Crippen LogP contribution in [0.1, 0.15) is 22.6 Å². The van der Waals surface area contributed by atoms with Gasteiger partial charge in [-0.25, -0.2) is 9.59 Å². The highest BCUT2D eigenvalue weighted by Gasteiger charge is 2.29. The topological polar surface area (TPSA) is 125 Å². The van der Waals surface area contributed by atoms with Crippen LogP contribution in [0.5, 0.6) is 0 Å². The number of aliphatic carboxylic acids is 1. The molecule has 8 heteroatoms. The third-order valence-corrected chi connectivity index (χ3v) is 5.70. The van der Waals surface area contributed by atoms with Gasteiger partial charge in [-0.15, -0.1) is 0 Å². The maximum atomic E-state index is 12.5. The molecular formula is C26H24N2O6. The fourth-order valence-corrected chi connectivity index (χ4v) is 4.13. The molecule has 0 spiro atoms. The van der Waals surface area contributed by atoms with E-state index in [4.69, 9.17) is 14.9 Å². The number of anilines is 1. The van der Waals surface area contributed by atoms with Crippen molar-refractivity contribution in [3.63, 3.8) is 0 Å². The zero-order valence-electron chi connectivity index (χ0n) is 18.2. The number of nitrogens with one attached hydrogen (secondary N) is 2. The molecule has 4 rings (SSSR count). The number of rotatable bonds is 8. The summed E-state index contributed by atoms with van der Waals surface area (Å²) in [5.74, 6) is -1.93. The van der Waals surface area contributed by atoms with Gasteiger partial charge in [0.2, 0.25) is 5.91 Å². The molecule has 0 radical (unpaired) electrons. The van der Waals surface area contributed by atoms with Crippen LogP contribution in [0.15, 0.2) is 72.8 Å². The summed E-state index contributed by atoms with van der Waals surface area (Å²) in [4.78, 5) is 35.5. The zero-order valence-corrected chi connectivity index (χ0v) is 18.2. The van der Waals surface area contributed by atoms with E-state index >= 15 is 0 Å². The summed E-state index contributed by atoms with van der Waals surface area (Å²) in [5, 5.41) is 22.9. The van der Waals surface area contributed by atoms with Crippen LogP contribution in [-0.4, -0.2) is 47.4 Å². The molecule has 34 heavy (non-hydrogen) atoms. The van der Waals surface area contributed by atoms with Crippen molar-refractivity contribution < 1.29 is 29.3 Å². The van der Waals surface area contributed by atoms with Gasteiger partial charge >= 0.3 is 12.1 Å². The Balaban J connectivity index is 1.36. The molecule has 1 aliphatic carbocycles. The minimum Gasteiger partial charge on any atom is -0.480 e. The fraction of sp³-hybridized carbons (Fsp3) is 0.192. The van der Waals surface area contributed by atoms with Gasteiger partial charge < -0.3 is 20.3 Å². The summed E-state index contributed by atoms with van der Waals surface area (Å²) in [6.45, 7) is -0.524. The average molecular weight is 460 g/mol. The number of hydrogen-bond donors (Lipinski definition) is 4. The molecule has 2 amide bonds. The van der Waals surface area contributed by atoms with Crippen molar-refractivity contribution in [1.29, 1.82) is 0 Å². The summed E-state index contributed by atoms with van der Waals surface area (Å²) in [6.07, 6.45) is -0.723. The molecule has 3 aromatic rings. The van der Waals surface area contributed by atoms with Gasteiger partial charge in [0.15, 0.2) is 0 Å². The van der Waals surface area contributed by atoms with Crippen molar-refractivity contribution in [2.24, 2.45) is 0 Å². The first-order valence-corrected chi connectivity index (χ1v) is 10.8. The Labute approximate surface area is 196 Å². The highest BCUT2D eigenvalue weighted by atomic mass is 16.5. The Bertz CT molecular complexity index is 1180. The lowest BCUT2D eigenvalue weighted by atomic mass is 9.98. The lowest BCUT2D eigenvalue weighted by molar-refractivity contribution is -0.142. The number of hydrogen-bond acceptors (Lipinski definition) is 5.